The third-order valence-corrected chi connectivity index (χ3v) is 5.38. The monoisotopic (exact) mass is 437 g/mol. The van der Waals surface area contributed by atoms with Gasteiger partial charge in [0, 0.05) is 24.0 Å². The van der Waals surface area contributed by atoms with Crippen molar-refractivity contribution in [1.29, 1.82) is 0 Å². The third-order valence-electron chi connectivity index (χ3n) is 4.45. The molecule has 0 aliphatic rings. The zero-order valence-corrected chi connectivity index (χ0v) is 17.2. The molecule has 0 unspecified atom stereocenters. The Kier molecular flexibility index (Phi) is 6.03. The van der Waals surface area contributed by atoms with Gasteiger partial charge in [-0.3, -0.25) is 14.3 Å². The van der Waals surface area contributed by atoms with Crippen LogP contribution in [0.4, 0.5) is 14.5 Å². The van der Waals surface area contributed by atoms with Crippen LogP contribution in [0.2, 0.25) is 0 Å². The number of nitrogens with zero attached hydrogens (tertiary/aromatic N) is 4. The van der Waals surface area contributed by atoms with Crippen LogP contribution in [0.5, 0.6) is 0 Å². The number of aromatic nitrogens is 4. The maximum atomic E-state index is 13.8. The van der Waals surface area contributed by atoms with Gasteiger partial charge in [-0.2, -0.15) is 0 Å². The van der Waals surface area contributed by atoms with Crippen LogP contribution in [0.3, 0.4) is 0 Å². The van der Waals surface area contributed by atoms with E-state index in [1.165, 1.54) is 6.07 Å². The number of thioether (sulfide) groups is 1. The number of rotatable bonds is 6. The van der Waals surface area contributed by atoms with Crippen molar-refractivity contribution in [2.75, 3.05) is 11.1 Å². The van der Waals surface area contributed by atoms with Gasteiger partial charge in [-0.1, -0.05) is 30.0 Å². The predicted molar refractivity (Wildman–Crippen MR) is 115 cm³/mol. The second-order valence-corrected chi connectivity index (χ2v) is 7.57. The van der Waals surface area contributed by atoms with Gasteiger partial charge < -0.3 is 5.32 Å². The van der Waals surface area contributed by atoms with Crippen LogP contribution < -0.4 is 5.32 Å². The van der Waals surface area contributed by atoms with Gasteiger partial charge in [-0.05, 0) is 42.8 Å². The largest absolute Gasteiger partial charge is 0.323 e. The summed E-state index contributed by atoms with van der Waals surface area (Å²) >= 11 is 1.16. The summed E-state index contributed by atoms with van der Waals surface area (Å²) < 4.78 is 28.7. The number of anilines is 1. The maximum Gasteiger partial charge on any atom is 0.234 e. The van der Waals surface area contributed by atoms with E-state index in [1.54, 1.807) is 12.4 Å². The molecule has 0 spiro atoms. The van der Waals surface area contributed by atoms with E-state index in [2.05, 4.69) is 20.5 Å². The Balaban J connectivity index is 1.60. The molecule has 2 aromatic heterocycles. The summed E-state index contributed by atoms with van der Waals surface area (Å²) in [4.78, 5) is 16.5. The third kappa shape index (κ3) is 4.61. The van der Waals surface area contributed by atoms with E-state index in [0.29, 0.717) is 11.0 Å². The number of carbonyl (C=O) groups excluding carboxylic acids is 1. The first-order chi connectivity index (χ1) is 15.0. The Labute approximate surface area is 181 Å². The van der Waals surface area contributed by atoms with Crippen LogP contribution in [0, 0.1) is 18.6 Å². The molecule has 0 saturated heterocycles. The zero-order valence-electron chi connectivity index (χ0n) is 16.4. The fourth-order valence-corrected chi connectivity index (χ4v) is 3.73. The minimum Gasteiger partial charge on any atom is -0.323 e. The fraction of sp³-hybridized carbons (Fsp3) is 0.0909. The number of benzene rings is 2. The van der Waals surface area contributed by atoms with Crippen molar-refractivity contribution in [1.82, 2.24) is 19.7 Å². The molecule has 4 rings (SSSR count). The first kappa shape index (κ1) is 20.7. The second-order valence-electron chi connectivity index (χ2n) is 6.63. The molecule has 4 aromatic rings. The highest BCUT2D eigenvalue weighted by Gasteiger charge is 2.19. The Morgan fingerprint density at radius 1 is 1.10 bits per heavy atom. The van der Waals surface area contributed by atoms with Gasteiger partial charge in [0.15, 0.2) is 11.0 Å². The van der Waals surface area contributed by atoms with Gasteiger partial charge in [-0.15, -0.1) is 10.2 Å². The van der Waals surface area contributed by atoms with Gasteiger partial charge in [0.25, 0.3) is 0 Å². The van der Waals surface area contributed by atoms with Gasteiger partial charge >= 0.3 is 0 Å². The Morgan fingerprint density at radius 3 is 2.68 bits per heavy atom. The van der Waals surface area contributed by atoms with Gasteiger partial charge in [0.1, 0.15) is 11.6 Å². The van der Waals surface area contributed by atoms with E-state index in [9.17, 15) is 13.6 Å². The molecule has 2 aromatic carbocycles. The van der Waals surface area contributed by atoms with Crippen LogP contribution in [-0.4, -0.2) is 31.4 Å². The van der Waals surface area contributed by atoms with Crippen molar-refractivity contribution in [2.24, 2.45) is 0 Å². The van der Waals surface area contributed by atoms with Crippen LogP contribution in [0.1, 0.15) is 5.56 Å². The number of nitrogens with one attached hydrogen (secondary N) is 1. The Bertz CT molecular complexity index is 1230. The lowest BCUT2D eigenvalue weighted by Gasteiger charge is -2.12. The number of para-hydroxylation sites is 1. The summed E-state index contributed by atoms with van der Waals surface area (Å²) in [5.74, 6) is -1.43. The topological polar surface area (TPSA) is 72.7 Å². The lowest BCUT2D eigenvalue weighted by molar-refractivity contribution is -0.113. The number of hydrogen-bond acceptors (Lipinski definition) is 5. The first-order valence-electron chi connectivity index (χ1n) is 9.32. The van der Waals surface area contributed by atoms with Crippen LogP contribution in [0.15, 0.2) is 72.1 Å². The molecule has 9 heteroatoms. The summed E-state index contributed by atoms with van der Waals surface area (Å²) in [5.41, 5.74) is 2.58. The normalized spacial score (nSPS) is 10.8. The van der Waals surface area contributed by atoms with Gasteiger partial charge in [0.2, 0.25) is 5.91 Å². The molecular formula is C22H17F2N5OS. The molecule has 0 radical (unpaired) electrons. The molecule has 1 amide bonds. The van der Waals surface area contributed by atoms with Crippen molar-refractivity contribution < 1.29 is 13.6 Å². The highest BCUT2D eigenvalue weighted by molar-refractivity contribution is 7.99. The number of carbonyl (C=O) groups is 1. The number of aryl methyl sites for hydroxylation is 1. The average Bonchev–Trinajstić information content (AvgIpc) is 3.19. The summed E-state index contributed by atoms with van der Waals surface area (Å²) in [5, 5.41) is 11.5. The van der Waals surface area contributed by atoms with E-state index in [0.717, 1.165) is 40.7 Å². The number of halogens is 2. The first-order valence-corrected chi connectivity index (χ1v) is 10.3. The fourth-order valence-electron chi connectivity index (χ4n) is 2.98. The number of hydrogen-bond donors (Lipinski definition) is 1. The lowest BCUT2D eigenvalue weighted by atomic mass is 10.2. The van der Waals surface area contributed by atoms with Crippen molar-refractivity contribution in [3.8, 4) is 17.1 Å². The highest BCUT2D eigenvalue weighted by atomic mass is 32.2. The number of amides is 1. The van der Waals surface area contributed by atoms with Crippen LogP contribution >= 0.6 is 11.8 Å². The summed E-state index contributed by atoms with van der Waals surface area (Å²) in [7, 11) is 0. The van der Waals surface area contributed by atoms with E-state index in [4.69, 9.17) is 0 Å². The second kappa shape index (κ2) is 9.05. The van der Waals surface area contributed by atoms with Crippen molar-refractivity contribution in [2.45, 2.75) is 12.1 Å². The smallest absolute Gasteiger partial charge is 0.234 e. The van der Waals surface area contributed by atoms with Crippen molar-refractivity contribution >= 4 is 23.4 Å². The SMILES string of the molecule is Cc1ccccc1-n1c(SCC(=O)Nc2ccc(F)cc2F)nnc1-c1cccnc1. The Hall–Kier alpha value is -3.59. The van der Waals surface area contributed by atoms with E-state index in [1.807, 2.05) is 47.9 Å². The molecular weight excluding hydrogens is 420 g/mol. The standard InChI is InChI=1S/C22H17F2N5OS/c1-14-5-2-3-7-19(14)29-21(15-6-4-10-25-12-15)27-28-22(29)31-13-20(30)26-18-9-8-16(23)11-17(18)24/h2-12H,13H2,1H3,(H,26,30). The average molecular weight is 437 g/mol. The molecule has 0 fully saturated rings. The lowest BCUT2D eigenvalue weighted by Crippen LogP contribution is -2.15. The maximum absolute atomic E-state index is 13.8. The quantitative estimate of drug-likeness (QED) is 0.445. The molecule has 0 bridgehead atoms. The highest BCUT2D eigenvalue weighted by Crippen LogP contribution is 2.29. The minimum atomic E-state index is -0.833. The molecule has 6 nitrogen and oxygen atoms in total. The molecule has 31 heavy (non-hydrogen) atoms. The van der Waals surface area contributed by atoms with E-state index >= 15 is 0 Å². The van der Waals surface area contributed by atoms with Crippen LogP contribution in [0.25, 0.3) is 17.1 Å². The van der Waals surface area contributed by atoms with Crippen molar-refractivity contribution in [3.05, 3.63) is 84.2 Å². The van der Waals surface area contributed by atoms with Crippen molar-refractivity contribution in [3.63, 3.8) is 0 Å². The van der Waals surface area contributed by atoms with Gasteiger partial charge in [0.05, 0.1) is 17.1 Å². The molecule has 2 heterocycles. The summed E-state index contributed by atoms with van der Waals surface area (Å²) in [6, 6.07) is 14.4. The Morgan fingerprint density at radius 2 is 1.94 bits per heavy atom. The molecule has 0 atom stereocenters. The van der Waals surface area contributed by atoms with Gasteiger partial charge in [-0.25, -0.2) is 8.78 Å². The summed E-state index contributed by atoms with van der Waals surface area (Å²) in [6.07, 6.45) is 3.36. The van der Waals surface area contributed by atoms with Crippen LogP contribution in [-0.2, 0) is 4.79 Å². The molecule has 156 valence electrons. The number of pyridine rings is 1. The predicted octanol–water partition coefficient (Wildman–Crippen LogP) is 4.65. The minimum absolute atomic E-state index is 0.0339. The molecule has 1 N–H and O–H groups in total. The molecule has 0 saturated carbocycles. The zero-order chi connectivity index (χ0) is 21.8. The summed E-state index contributed by atoms with van der Waals surface area (Å²) in [6.45, 7) is 1.97. The van der Waals surface area contributed by atoms with E-state index in [-0.39, 0.29) is 11.4 Å². The van der Waals surface area contributed by atoms with E-state index < -0.39 is 17.5 Å². The molecule has 0 aliphatic carbocycles. The molecule has 0 aliphatic heterocycles.